The lowest BCUT2D eigenvalue weighted by Gasteiger charge is -2.36. The fourth-order valence-electron chi connectivity index (χ4n) is 3.66. The summed E-state index contributed by atoms with van der Waals surface area (Å²) in [5, 5.41) is 14.5. The van der Waals surface area contributed by atoms with Crippen molar-refractivity contribution in [2.75, 3.05) is 31.1 Å². The Labute approximate surface area is 178 Å². The van der Waals surface area contributed by atoms with Crippen molar-refractivity contribution in [1.29, 1.82) is 0 Å². The van der Waals surface area contributed by atoms with Crippen LogP contribution < -0.4 is 10.2 Å². The van der Waals surface area contributed by atoms with Gasteiger partial charge < -0.3 is 15.1 Å². The molecule has 2 amide bonds. The van der Waals surface area contributed by atoms with E-state index < -0.39 is 4.92 Å². The van der Waals surface area contributed by atoms with Crippen molar-refractivity contribution in [3.05, 3.63) is 69.5 Å². The maximum absolute atomic E-state index is 13.0. The van der Waals surface area contributed by atoms with Crippen LogP contribution in [0.4, 0.5) is 15.8 Å². The Bertz CT molecular complexity index is 999. The SMILES string of the molecule is O=C(NC1CC1)c1ccc(N2CCN(C(=O)Cc3ccc(F)cc3)CC2)c([N+](=O)[O-])c1. The molecular weight excluding hydrogens is 403 g/mol. The number of nitro benzene ring substituents is 1. The summed E-state index contributed by atoms with van der Waals surface area (Å²) < 4.78 is 13.0. The highest BCUT2D eigenvalue weighted by molar-refractivity contribution is 5.96. The van der Waals surface area contributed by atoms with Crippen molar-refractivity contribution < 1.29 is 18.9 Å². The Morgan fingerprint density at radius 2 is 1.74 bits per heavy atom. The monoisotopic (exact) mass is 426 g/mol. The molecule has 4 rings (SSSR count). The summed E-state index contributed by atoms with van der Waals surface area (Å²) in [6.45, 7) is 1.76. The van der Waals surface area contributed by atoms with E-state index in [0.29, 0.717) is 31.9 Å². The topological polar surface area (TPSA) is 95.8 Å². The second-order valence-electron chi connectivity index (χ2n) is 7.88. The first kappa shape index (κ1) is 20.8. The summed E-state index contributed by atoms with van der Waals surface area (Å²) >= 11 is 0. The zero-order valence-corrected chi connectivity index (χ0v) is 16.9. The third-order valence-electron chi connectivity index (χ3n) is 5.59. The van der Waals surface area contributed by atoms with Crippen molar-refractivity contribution in [1.82, 2.24) is 10.2 Å². The van der Waals surface area contributed by atoms with Gasteiger partial charge in [0, 0.05) is 43.9 Å². The molecule has 2 fully saturated rings. The Kier molecular flexibility index (Phi) is 5.83. The molecule has 2 aliphatic rings. The number of hydrogen-bond donors (Lipinski definition) is 1. The highest BCUT2D eigenvalue weighted by Gasteiger charge is 2.28. The molecule has 1 aliphatic heterocycles. The molecule has 0 aromatic heterocycles. The minimum atomic E-state index is -0.477. The molecule has 1 N–H and O–H groups in total. The Hall–Kier alpha value is -3.49. The van der Waals surface area contributed by atoms with E-state index in [4.69, 9.17) is 0 Å². The molecule has 0 radical (unpaired) electrons. The minimum absolute atomic E-state index is 0.0622. The van der Waals surface area contributed by atoms with Crippen molar-refractivity contribution in [3.8, 4) is 0 Å². The van der Waals surface area contributed by atoms with Crippen LogP contribution >= 0.6 is 0 Å². The average Bonchev–Trinajstić information content (AvgIpc) is 3.59. The molecule has 31 heavy (non-hydrogen) atoms. The predicted octanol–water partition coefficient (Wildman–Crippen LogP) is 2.52. The number of rotatable bonds is 6. The van der Waals surface area contributed by atoms with Crippen molar-refractivity contribution in [3.63, 3.8) is 0 Å². The predicted molar refractivity (Wildman–Crippen MR) is 112 cm³/mol. The summed E-state index contributed by atoms with van der Waals surface area (Å²) in [6, 6.07) is 10.5. The van der Waals surface area contributed by atoms with Gasteiger partial charge in [-0.3, -0.25) is 19.7 Å². The highest BCUT2D eigenvalue weighted by atomic mass is 19.1. The summed E-state index contributed by atoms with van der Waals surface area (Å²) in [5.41, 5.74) is 1.34. The molecule has 2 aromatic carbocycles. The average molecular weight is 426 g/mol. The quantitative estimate of drug-likeness (QED) is 0.566. The molecule has 1 aliphatic carbocycles. The first-order valence-corrected chi connectivity index (χ1v) is 10.3. The minimum Gasteiger partial charge on any atom is -0.362 e. The molecule has 0 unspecified atom stereocenters. The van der Waals surface area contributed by atoms with E-state index >= 15 is 0 Å². The number of carbonyl (C=O) groups is 2. The van der Waals surface area contributed by atoms with Crippen LogP contribution in [-0.2, 0) is 11.2 Å². The number of nitrogens with zero attached hydrogens (tertiary/aromatic N) is 3. The molecule has 8 nitrogen and oxygen atoms in total. The molecule has 9 heteroatoms. The zero-order chi connectivity index (χ0) is 22.0. The molecule has 0 bridgehead atoms. The van der Waals surface area contributed by atoms with Crippen LogP contribution in [0.5, 0.6) is 0 Å². The van der Waals surface area contributed by atoms with E-state index in [-0.39, 0.29) is 41.3 Å². The van der Waals surface area contributed by atoms with E-state index in [9.17, 15) is 24.1 Å². The fourth-order valence-corrected chi connectivity index (χ4v) is 3.66. The van der Waals surface area contributed by atoms with Crippen LogP contribution in [0.15, 0.2) is 42.5 Å². The number of halogens is 1. The standard InChI is InChI=1S/C22H23FN4O4/c23-17-4-1-15(2-5-17)13-21(28)26-11-9-25(10-12-26)19-8-3-16(14-20(19)27(30)31)22(29)24-18-6-7-18/h1-5,8,14,18H,6-7,9-13H2,(H,24,29). The van der Waals surface area contributed by atoms with Crippen LogP contribution in [0, 0.1) is 15.9 Å². The number of nitro groups is 1. The molecule has 1 heterocycles. The molecule has 2 aromatic rings. The largest absolute Gasteiger partial charge is 0.362 e. The van der Waals surface area contributed by atoms with Crippen LogP contribution in [0.3, 0.4) is 0 Å². The summed E-state index contributed by atoms with van der Waals surface area (Å²) in [6.07, 6.45) is 2.07. The van der Waals surface area contributed by atoms with Gasteiger partial charge in [0.25, 0.3) is 11.6 Å². The first-order chi connectivity index (χ1) is 14.9. The van der Waals surface area contributed by atoms with Crippen LogP contribution in [0.1, 0.15) is 28.8 Å². The maximum Gasteiger partial charge on any atom is 0.293 e. The first-order valence-electron chi connectivity index (χ1n) is 10.3. The lowest BCUT2D eigenvalue weighted by molar-refractivity contribution is -0.384. The molecule has 1 saturated carbocycles. The van der Waals surface area contributed by atoms with Gasteiger partial charge in [-0.05, 0) is 42.7 Å². The van der Waals surface area contributed by atoms with E-state index in [1.807, 2.05) is 4.90 Å². The van der Waals surface area contributed by atoms with Gasteiger partial charge in [-0.15, -0.1) is 0 Å². The fraction of sp³-hybridized carbons (Fsp3) is 0.364. The number of benzene rings is 2. The van der Waals surface area contributed by atoms with Crippen molar-refractivity contribution in [2.45, 2.75) is 25.3 Å². The number of amides is 2. The van der Waals surface area contributed by atoms with Crippen LogP contribution in [0.2, 0.25) is 0 Å². The van der Waals surface area contributed by atoms with E-state index in [1.54, 1.807) is 29.2 Å². The molecule has 0 atom stereocenters. The van der Waals surface area contributed by atoms with Crippen LogP contribution in [-0.4, -0.2) is 53.9 Å². The number of nitrogens with one attached hydrogen (secondary N) is 1. The third kappa shape index (κ3) is 4.99. The van der Waals surface area contributed by atoms with Gasteiger partial charge in [-0.1, -0.05) is 12.1 Å². The van der Waals surface area contributed by atoms with Gasteiger partial charge in [-0.25, -0.2) is 4.39 Å². The Morgan fingerprint density at radius 1 is 1.06 bits per heavy atom. The van der Waals surface area contributed by atoms with Gasteiger partial charge >= 0.3 is 0 Å². The summed E-state index contributed by atoms with van der Waals surface area (Å²) in [4.78, 5) is 39.5. The number of hydrogen-bond acceptors (Lipinski definition) is 5. The normalized spacial score (nSPS) is 16.2. The van der Waals surface area contributed by atoms with E-state index in [0.717, 1.165) is 18.4 Å². The van der Waals surface area contributed by atoms with E-state index in [1.165, 1.54) is 18.2 Å². The molecule has 0 spiro atoms. The number of piperazine rings is 1. The smallest absolute Gasteiger partial charge is 0.293 e. The van der Waals surface area contributed by atoms with Crippen molar-refractivity contribution >= 4 is 23.2 Å². The van der Waals surface area contributed by atoms with Gasteiger partial charge in [-0.2, -0.15) is 0 Å². The van der Waals surface area contributed by atoms with Gasteiger partial charge in [0.2, 0.25) is 5.91 Å². The van der Waals surface area contributed by atoms with Gasteiger partial charge in [0.1, 0.15) is 11.5 Å². The summed E-state index contributed by atoms with van der Waals surface area (Å²) in [7, 11) is 0. The van der Waals surface area contributed by atoms with Crippen LogP contribution in [0.25, 0.3) is 0 Å². The highest BCUT2D eigenvalue weighted by Crippen LogP contribution is 2.30. The van der Waals surface area contributed by atoms with Gasteiger partial charge in [0.05, 0.1) is 11.3 Å². The Morgan fingerprint density at radius 3 is 2.35 bits per heavy atom. The number of carbonyl (C=O) groups excluding carboxylic acids is 2. The summed E-state index contributed by atoms with van der Waals surface area (Å²) in [5.74, 6) is -0.705. The number of anilines is 1. The molecular formula is C22H23FN4O4. The second-order valence-corrected chi connectivity index (χ2v) is 7.88. The Balaban J connectivity index is 1.40. The third-order valence-corrected chi connectivity index (χ3v) is 5.59. The lowest BCUT2D eigenvalue weighted by atomic mass is 10.1. The maximum atomic E-state index is 13.0. The lowest BCUT2D eigenvalue weighted by Crippen LogP contribution is -2.49. The molecule has 162 valence electrons. The second kappa shape index (κ2) is 8.71. The zero-order valence-electron chi connectivity index (χ0n) is 16.9. The van der Waals surface area contributed by atoms with E-state index in [2.05, 4.69) is 5.32 Å². The van der Waals surface area contributed by atoms with Gasteiger partial charge in [0.15, 0.2) is 0 Å². The molecule has 1 saturated heterocycles. The van der Waals surface area contributed by atoms with Crippen molar-refractivity contribution in [2.24, 2.45) is 0 Å².